The van der Waals surface area contributed by atoms with Gasteiger partial charge in [0.2, 0.25) is 17.8 Å². The van der Waals surface area contributed by atoms with E-state index in [9.17, 15) is 24.0 Å². The largest absolute Gasteiger partial charge is 0.488 e. The number of carbonyl (C=O) groups is 4. The molecule has 6 heterocycles. The molecule has 4 aliphatic heterocycles. The first-order valence-corrected chi connectivity index (χ1v) is 21.5. The van der Waals surface area contributed by atoms with Crippen LogP contribution in [0.2, 0.25) is 5.02 Å². The number of hydrogen-bond donors (Lipinski definition) is 2. The number of amides is 4. The minimum absolute atomic E-state index is 0.0348. The zero-order chi connectivity index (χ0) is 41.9. The maximum atomic E-state index is 13.4. The van der Waals surface area contributed by atoms with Crippen LogP contribution in [0.15, 0.2) is 53.5 Å². The molecule has 2 N–H and O–H groups in total. The van der Waals surface area contributed by atoms with Crippen molar-refractivity contribution in [3.05, 3.63) is 75.2 Å². The number of pyridine rings is 1. The van der Waals surface area contributed by atoms with Crippen molar-refractivity contribution in [3.63, 3.8) is 0 Å². The zero-order valence-electron chi connectivity index (χ0n) is 34.2. The van der Waals surface area contributed by atoms with Crippen molar-refractivity contribution in [2.45, 2.75) is 71.4 Å². The summed E-state index contributed by atoms with van der Waals surface area (Å²) < 4.78 is 7.43. The number of aromatic nitrogens is 3. The molecule has 3 saturated heterocycles. The topological polar surface area (TPSA) is 162 Å². The van der Waals surface area contributed by atoms with Gasteiger partial charge in [-0.15, -0.1) is 0 Å². The Morgan fingerprint density at radius 2 is 1.67 bits per heavy atom. The lowest BCUT2D eigenvalue weighted by Gasteiger charge is -2.55. The third-order valence-electron chi connectivity index (χ3n) is 13.0. The third kappa shape index (κ3) is 7.35. The number of benzene rings is 2. The first kappa shape index (κ1) is 39.9. The van der Waals surface area contributed by atoms with Gasteiger partial charge < -0.3 is 24.4 Å². The molecule has 5 aliphatic rings. The zero-order valence-corrected chi connectivity index (χ0v) is 35.0. The fraction of sp³-hybridized carbons (Fsp3) is 0.477. The van der Waals surface area contributed by atoms with Gasteiger partial charge in [-0.2, -0.15) is 4.98 Å². The number of nitrogens with zero attached hydrogens (tertiary/aromatic N) is 7. The van der Waals surface area contributed by atoms with Crippen LogP contribution in [0.3, 0.4) is 0 Å². The number of fused-ring (bicyclic) bond motifs is 2. The minimum Gasteiger partial charge on any atom is -0.488 e. The lowest BCUT2D eigenvalue weighted by atomic mass is 9.65. The van der Waals surface area contributed by atoms with E-state index in [4.69, 9.17) is 21.3 Å². The van der Waals surface area contributed by atoms with Gasteiger partial charge in [-0.25, -0.2) is 4.98 Å². The van der Waals surface area contributed by atoms with Gasteiger partial charge in [0.1, 0.15) is 11.1 Å². The van der Waals surface area contributed by atoms with E-state index >= 15 is 0 Å². The number of rotatable bonds is 10. The third-order valence-corrected chi connectivity index (χ3v) is 13.3. The van der Waals surface area contributed by atoms with Crippen molar-refractivity contribution in [1.82, 2.24) is 29.7 Å². The first-order valence-electron chi connectivity index (χ1n) is 21.1. The van der Waals surface area contributed by atoms with E-state index in [2.05, 4.69) is 30.3 Å². The first-order chi connectivity index (χ1) is 28.9. The van der Waals surface area contributed by atoms with E-state index in [0.29, 0.717) is 46.2 Å². The molecule has 1 saturated carbocycles. The Balaban J connectivity index is 0.763. The SMILES string of the molecule is CCOc1cc2cc(Nc3nc(N4CCN(CC5CCC6(CC5)CN(c5ccc7c(c5)C(=O)N(C5CCC(=O)NC5=O)C7=O)C6)CC4)ncc3Cl)ccc2n(C(C)C)c1=O. The number of piperidine rings is 1. The van der Waals surface area contributed by atoms with E-state index in [-0.39, 0.29) is 35.8 Å². The van der Waals surface area contributed by atoms with Crippen LogP contribution in [-0.2, 0) is 9.59 Å². The number of carbonyl (C=O) groups excluding carboxylic acids is 4. The van der Waals surface area contributed by atoms with Gasteiger partial charge in [0, 0.05) is 80.5 Å². The van der Waals surface area contributed by atoms with Gasteiger partial charge in [-0.3, -0.25) is 39.1 Å². The number of halogens is 1. The number of ether oxygens (including phenoxy) is 1. The molecule has 2 aromatic carbocycles. The van der Waals surface area contributed by atoms with Gasteiger partial charge in [0.25, 0.3) is 17.4 Å². The standard InChI is InChI=1S/C44H50ClN9O6/c1-4-60-36-20-28-19-29(5-8-34(28)53(26(2)3)42(36)59)47-38-33(45)22-46-43(49-38)51-17-15-50(16-18-51)23-27-11-13-44(14-12-27)24-52(25-44)30-6-7-31-32(21-30)41(58)54(40(31)57)35-9-10-37(55)48-39(35)56/h5-8,19-22,26-27,35H,4,9-18,23-25H2,1-3H3,(H,46,47,49)(H,48,55,56). The Bertz CT molecular complexity index is 2450. The van der Waals surface area contributed by atoms with Crippen molar-refractivity contribution in [2.24, 2.45) is 11.3 Å². The fourth-order valence-electron chi connectivity index (χ4n) is 9.79. The molecule has 4 aromatic rings. The molecule has 4 amide bonds. The average Bonchev–Trinajstić information content (AvgIpc) is 3.46. The summed E-state index contributed by atoms with van der Waals surface area (Å²) in [7, 11) is 0. The molecule has 1 atom stereocenters. The van der Waals surface area contributed by atoms with E-state index in [1.165, 1.54) is 12.8 Å². The van der Waals surface area contributed by atoms with Crippen molar-refractivity contribution in [1.29, 1.82) is 0 Å². The van der Waals surface area contributed by atoms with Crippen LogP contribution in [0.1, 0.15) is 86.1 Å². The number of piperazine rings is 1. The Hall–Kier alpha value is -5.54. The van der Waals surface area contributed by atoms with Crippen molar-refractivity contribution < 1.29 is 23.9 Å². The number of hydrogen-bond acceptors (Lipinski definition) is 12. The number of nitrogens with one attached hydrogen (secondary N) is 2. The van der Waals surface area contributed by atoms with E-state index < -0.39 is 23.8 Å². The molecule has 1 unspecified atom stereocenters. The summed E-state index contributed by atoms with van der Waals surface area (Å²) in [6.07, 6.45) is 6.57. The Morgan fingerprint density at radius 3 is 2.38 bits per heavy atom. The predicted molar refractivity (Wildman–Crippen MR) is 228 cm³/mol. The van der Waals surface area contributed by atoms with Crippen molar-refractivity contribution in [2.75, 3.05) is 67.5 Å². The highest BCUT2D eigenvalue weighted by molar-refractivity contribution is 6.33. The van der Waals surface area contributed by atoms with Crippen LogP contribution < -0.4 is 30.7 Å². The quantitative estimate of drug-likeness (QED) is 0.197. The molecule has 1 spiro atoms. The second-order valence-corrected chi connectivity index (χ2v) is 17.6. The number of anilines is 4. The molecule has 0 radical (unpaired) electrons. The van der Waals surface area contributed by atoms with E-state index in [1.807, 2.05) is 45.0 Å². The summed E-state index contributed by atoms with van der Waals surface area (Å²) in [5.74, 6) is 0.186. The second-order valence-electron chi connectivity index (χ2n) is 17.2. The van der Waals surface area contributed by atoms with Crippen molar-refractivity contribution >= 4 is 69.3 Å². The Morgan fingerprint density at radius 1 is 0.917 bits per heavy atom. The lowest BCUT2D eigenvalue weighted by molar-refractivity contribution is -0.136. The lowest BCUT2D eigenvalue weighted by Crippen LogP contribution is -2.58. The van der Waals surface area contributed by atoms with E-state index in [0.717, 1.165) is 85.8 Å². The molecule has 4 fully saturated rings. The molecule has 60 heavy (non-hydrogen) atoms. The highest BCUT2D eigenvalue weighted by Gasteiger charge is 2.48. The molecular formula is C44H50ClN9O6. The molecule has 314 valence electrons. The molecule has 16 heteroatoms. The highest BCUT2D eigenvalue weighted by Crippen LogP contribution is 2.48. The Labute approximate surface area is 353 Å². The average molecular weight is 836 g/mol. The predicted octanol–water partition coefficient (Wildman–Crippen LogP) is 5.39. The minimum atomic E-state index is -0.965. The molecule has 2 aromatic heterocycles. The monoisotopic (exact) mass is 835 g/mol. The maximum Gasteiger partial charge on any atom is 0.293 e. The molecule has 9 rings (SSSR count). The van der Waals surface area contributed by atoms with Crippen LogP contribution in [0.25, 0.3) is 10.9 Å². The van der Waals surface area contributed by atoms with E-state index in [1.54, 1.807) is 29.0 Å². The van der Waals surface area contributed by atoms with Gasteiger partial charge >= 0.3 is 0 Å². The molecular weight excluding hydrogens is 786 g/mol. The summed E-state index contributed by atoms with van der Waals surface area (Å²) in [4.78, 5) is 81.2. The van der Waals surface area contributed by atoms with Crippen LogP contribution in [0, 0.1) is 11.3 Å². The van der Waals surface area contributed by atoms with Crippen molar-refractivity contribution in [3.8, 4) is 5.75 Å². The molecule has 1 aliphatic carbocycles. The second kappa shape index (κ2) is 15.8. The summed E-state index contributed by atoms with van der Waals surface area (Å²) in [6.45, 7) is 12.6. The summed E-state index contributed by atoms with van der Waals surface area (Å²) in [5, 5.41) is 6.92. The molecule has 15 nitrogen and oxygen atoms in total. The van der Waals surface area contributed by atoms with Crippen LogP contribution in [0.5, 0.6) is 5.75 Å². The smallest absolute Gasteiger partial charge is 0.293 e. The maximum absolute atomic E-state index is 13.4. The van der Waals surface area contributed by atoms with Crippen LogP contribution in [0.4, 0.5) is 23.1 Å². The normalized spacial score (nSPS) is 20.9. The fourth-order valence-corrected chi connectivity index (χ4v) is 9.93. The van der Waals surface area contributed by atoms with Gasteiger partial charge in [-0.05, 0) is 101 Å². The molecule has 0 bridgehead atoms. The van der Waals surface area contributed by atoms with Gasteiger partial charge in [0.15, 0.2) is 11.6 Å². The Kier molecular flexibility index (Phi) is 10.5. The van der Waals surface area contributed by atoms with Gasteiger partial charge in [0.05, 0.1) is 29.4 Å². The summed E-state index contributed by atoms with van der Waals surface area (Å²) in [5.41, 5.74) is 3.29. The van der Waals surface area contributed by atoms with Crippen LogP contribution >= 0.6 is 11.6 Å². The summed E-state index contributed by atoms with van der Waals surface area (Å²) >= 11 is 6.60. The van der Waals surface area contributed by atoms with Gasteiger partial charge in [-0.1, -0.05) is 11.6 Å². The summed E-state index contributed by atoms with van der Waals surface area (Å²) in [6, 6.07) is 12.0. The van der Waals surface area contributed by atoms with Crippen LogP contribution in [-0.4, -0.2) is 106 Å². The highest BCUT2D eigenvalue weighted by atomic mass is 35.5. The number of imide groups is 2.